The third-order valence-electron chi connectivity index (χ3n) is 1.44. The first-order valence-corrected chi connectivity index (χ1v) is 4.01. The molecule has 0 aliphatic heterocycles. The predicted octanol–water partition coefficient (Wildman–Crippen LogP) is 1.54. The number of aliphatic hydroxyl groups excluding tert-OH is 1. The molecule has 0 amide bonds. The van der Waals surface area contributed by atoms with Crippen LogP contribution in [0.25, 0.3) is 0 Å². The number of nitriles is 1. The second-order valence-corrected chi connectivity index (χ2v) is 2.78. The van der Waals surface area contributed by atoms with E-state index in [1.807, 2.05) is 6.07 Å². The Morgan fingerprint density at radius 1 is 1.69 bits per heavy atom. The van der Waals surface area contributed by atoms with Crippen LogP contribution in [0.5, 0.6) is 0 Å². The van der Waals surface area contributed by atoms with Gasteiger partial charge in [-0.15, -0.1) is 0 Å². The van der Waals surface area contributed by atoms with Crippen LogP contribution in [0.4, 0.5) is 0 Å². The summed E-state index contributed by atoms with van der Waals surface area (Å²) in [4.78, 5) is 11.1. The van der Waals surface area contributed by atoms with Crippen LogP contribution in [0.15, 0.2) is 11.8 Å². The van der Waals surface area contributed by atoms with E-state index < -0.39 is 5.97 Å². The van der Waals surface area contributed by atoms with Gasteiger partial charge in [-0.25, -0.2) is 4.79 Å². The average molecular weight is 183 g/mol. The maximum Gasteiger partial charge on any atom is 0.337 e. The molecule has 4 nitrogen and oxygen atoms in total. The lowest BCUT2D eigenvalue weighted by molar-refractivity contribution is -0.139. The van der Waals surface area contributed by atoms with E-state index in [1.165, 1.54) is 0 Å². The van der Waals surface area contributed by atoms with Gasteiger partial charge in [0.2, 0.25) is 0 Å². The smallest absolute Gasteiger partial charge is 0.337 e. The van der Waals surface area contributed by atoms with Gasteiger partial charge in [0.1, 0.15) is 6.61 Å². The van der Waals surface area contributed by atoms with Crippen molar-refractivity contribution < 1.29 is 14.6 Å². The highest BCUT2D eigenvalue weighted by Crippen LogP contribution is 2.10. The minimum absolute atomic E-state index is 0.0688. The lowest BCUT2D eigenvalue weighted by Gasteiger charge is -2.08. The second kappa shape index (κ2) is 6.06. The summed E-state index contributed by atoms with van der Waals surface area (Å²) in [5, 5.41) is 16.9. The van der Waals surface area contributed by atoms with Gasteiger partial charge in [0.15, 0.2) is 0 Å². The van der Waals surface area contributed by atoms with E-state index in [1.54, 1.807) is 13.8 Å². The largest absolute Gasteiger partial charge is 0.515 e. The minimum Gasteiger partial charge on any atom is -0.515 e. The molecule has 13 heavy (non-hydrogen) atoms. The van der Waals surface area contributed by atoms with Crippen LogP contribution in [-0.4, -0.2) is 17.7 Å². The second-order valence-electron chi connectivity index (χ2n) is 2.78. The van der Waals surface area contributed by atoms with E-state index in [-0.39, 0.29) is 24.5 Å². The molecule has 0 rings (SSSR count). The fourth-order valence-corrected chi connectivity index (χ4v) is 0.710. The summed E-state index contributed by atoms with van der Waals surface area (Å²) in [6, 6.07) is 1.85. The Morgan fingerprint density at radius 2 is 2.31 bits per heavy atom. The van der Waals surface area contributed by atoms with E-state index in [0.717, 1.165) is 6.26 Å². The van der Waals surface area contributed by atoms with Crippen LogP contribution < -0.4 is 0 Å². The molecule has 0 bridgehead atoms. The van der Waals surface area contributed by atoms with Crippen LogP contribution in [0.1, 0.15) is 20.3 Å². The Hall–Kier alpha value is -1.50. The highest BCUT2D eigenvalue weighted by atomic mass is 16.5. The number of hydrogen-bond donors (Lipinski definition) is 1. The third kappa shape index (κ3) is 4.16. The molecule has 1 N–H and O–H groups in total. The fraction of sp³-hybridized carbons (Fsp3) is 0.556. The quantitative estimate of drug-likeness (QED) is 0.310. The standard InChI is InChI=1S/C9H13NO3/c1-7(2)8(6-11)9(12)13-5-3-4-10/h6-7,11H,3,5H2,1-2H3/b8-6-. The molecular formula is C9H13NO3. The number of aliphatic hydroxyl groups is 1. The van der Waals surface area contributed by atoms with E-state index in [4.69, 9.17) is 15.1 Å². The minimum atomic E-state index is -0.562. The molecule has 72 valence electrons. The summed E-state index contributed by atoms with van der Waals surface area (Å²) < 4.78 is 4.71. The number of ether oxygens (including phenoxy) is 1. The Balaban J connectivity index is 4.03. The third-order valence-corrected chi connectivity index (χ3v) is 1.44. The summed E-state index contributed by atoms with van der Waals surface area (Å²) >= 11 is 0. The molecule has 0 fully saturated rings. The lowest BCUT2D eigenvalue weighted by Crippen LogP contribution is -2.13. The Bertz CT molecular complexity index is 238. The maximum atomic E-state index is 11.1. The lowest BCUT2D eigenvalue weighted by atomic mass is 10.1. The van der Waals surface area contributed by atoms with Crippen molar-refractivity contribution in [2.75, 3.05) is 6.61 Å². The first-order chi connectivity index (χ1) is 6.13. The number of hydrogen-bond acceptors (Lipinski definition) is 4. The zero-order valence-electron chi connectivity index (χ0n) is 7.78. The maximum absolute atomic E-state index is 11.1. The molecule has 0 atom stereocenters. The first kappa shape index (κ1) is 11.5. The average Bonchev–Trinajstić information content (AvgIpc) is 2.05. The van der Waals surface area contributed by atoms with Gasteiger partial charge in [0.25, 0.3) is 0 Å². The number of rotatable bonds is 4. The van der Waals surface area contributed by atoms with Gasteiger partial charge in [0, 0.05) is 0 Å². The van der Waals surface area contributed by atoms with Crippen LogP contribution >= 0.6 is 0 Å². The van der Waals surface area contributed by atoms with Crippen molar-refractivity contribution in [3.63, 3.8) is 0 Å². The molecule has 0 aliphatic carbocycles. The molecular weight excluding hydrogens is 170 g/mol. The van der Waals surface area contributed by atoms with Crippen molar-refractivity contribution >= 4 is 5.97 Å². The molecule has 0 aromatic rings. The zero-order chi connectivity index (χ0) is 10.3. The Morgan fingerprint density at radius 3 is 2.69 bits per heavy atom. The molecule has 0 radical (unpaired) electrons. The van der Waals surface area contributed by atoms with Gasteiger partial charge in [0.05, 0.1) is 24.3 Å². The van der Waals surface area contributed by atoms with E-state index in [2.05, 4.69) is 0 Å². The SMILES string of the molecule is CC(C)/C(=C/O)C(=O)OCCC#N. The number of nitrogens with zero attached hydrogens (tertiary/aromatic N) is 1. The summed E-state index contributed by atoms with van der Waals surface area (Å²) in [6.07, 6.45) is 0.919. The van der Waals surface area contributed by atoms with Gasteiger partial charge in [-0.3, -0.25) is 0 Å². The van der Waals surface area contributed by atoms with E-state index >= 15 is 0 Å². The molecule has 0 aromatic carbocycles. The summed E-state index contributed by atoms with van der Waals surface area (Å²) in [6.45, 7) is 3.61. The normalized spacial score (nSPS) is 11.1. The van der Waals surface area contributed by atoms with Crippen molar-refractivity contribution in [1.29, 1.82) is 5.26 Å². The molecule has 0 aromatic heterocycles. The van der Waals surface area contributed by atoms with Crippen molar-refractivity contribution in [3.8, 4) is 6.07 Å². The monoisotopic (exact) mass is 183 g/mol. The summed E-state index contributed by atoms with van der Waals surface area (Å²) in [5.74, 6) is -0.646. The fourth-order valence-electron chi connectivity index (χ4n) is 0.710. The van der Waals surface area contributed by atoms with E-state index in [0.29, 0.717) is 0 Å². The highest BCUT2D eigenvalue weighted by molar-refractivity contribution is 5.88. The number of carbonyl (C=O) groups excluding carboxylic acids is 1. The van der Waals surface area contributed by atoms with E-state index in [9.17, 15) is 4.79 Å². The van der Waals surface area contributed by atoms with Crippen molar-refractivity contribution in [2.45, 2.75) is 20.3 Å². The van der Waals surface area contributed by atoms with Crippen LogP contribution in [0.2, 0.25) is 0 Å². The summed E-state index contributed by atoms with van der Waals surface area (Å²) in [5.41, 5.74) is 0.220. The molecule has 0 saturated carbocycles. The van der Waals surface area contributed by atoms with Crippen molar-refractivity contribution in [3.05, 3.63) is 11.8 Å². The van der Waals surface area contributed by atoms with Gasteiger partial charge in [-0.2, -0.15) is 5.26 Å². The Labute approximate surface area is 77.4 Å². The predicted molar refractivity (Wildman–Crippen MR) is 46.7 cm³/mol. The zero-order valence-corrected chi connectivity index (χ0v) is 7.78. The van der Waals surface area contributed by atoms with Gasteiger partial charge in [-0.05, 0) is 5.92 Å². The van der Waals surface area contributed by atoms with Crippen LogP contribution in [0, 0.1) is 17.2 Å². The topological polar surface area (TPSA) is 70.3 Å². The first-order valence-electron chi connectivity index (χ1n) is 4.01. The van der Waals surface area contributed by atoms with Gasteiger partial charge < -0.3 is 9.84 Å². The highest BCUT2D eigenvalue weighted by Gasteiger charge is 2.14. The van der Waals surface area contributed by atoms with Crippen LogP contribution in [0.3, 0.4) is 0 Å². The molecule has 0 aliphatic rings. The molecule has 4 heteroatoms. The summed E-state index contributed by atoms with van der Waals surface area (Å²) in [7, 11) is 0. The van der Waals surface area contributed by atoms with Gasteiger partial charge in [-0.1, -0.05) is 13.8 Å². The molecule has 0 unspecified atom stereocenters. The van der Waals surface area contributed by atoms with Crippen LogP contribution in [-0.2, 0) is 9.53 Å². The molecule has 0 spiro atoms. The number of carbonyl (C=O) groups is 1. The molecule has 0 heterocycles. The molecule has 0 saturated heterocycles. The number of esters is 1. The van der Waals surface area contributed by atoms with Crippen molar-refractivity contribution in [2.24, 2.45) is 5.92 Å². The Kier molecular flexibility index (Phi) is 5.37. The van der Waals surface area contributed by atoms with Gasteiger partial charge >= 0.3 is 5.97 Å². The van der Waals surface area contributed by atoms with Crippen molar-refractivity contribution in [1.82, 2.24) is 0 Å².